The lowest BCUT2D eigenvalue weighted by atomic mass is 10.4. The molecule has 80 valence electrons. The van der Waals surface area contributed by atoms with Crippen molar-refractivity contribution in [3.05, 3.63) is 36.4 Å². The Kier molecular flexibility index (Phi) is 20.0. The van der Waals surface area contributed by atoms with Crippen LogP contribution in [0.15, 0.2) is 36.4 Å². The molecule has 0 saturated heterocycles. The molecule has 0 fully saturated rings. The van der Waals surface area contributed by atoms with Crippen LogP contribution in [0.25, 0.3) is 0 Å². The fourth-order valence-electron chi connectivity index (χ4n) is 0.385. The van der Waals surface area contributed by atoms with Gasteiger partial charge in [-0.15, -0.1) is 0 Å². The smallest absolute Gasteiger partial charge is 0.109 e. The summed E-state index contributed by atoms with van der Waals surface area (Å²) in [5.74, 6) is 0. The molecule has 0 aromatic heterocycles. The summed E-state index contributed by atoms with van der Waals surface area (Å²) in [6, 6.07) is 12.0. The van der Waals surface area contributed by atoms with Gasteiger partial charge in [0.1, 0.15) is 13.2 Å². The van der Waals surface area contributed by atoms with Crippen LogP contribution >= 0.6 is 0 Å². The summed E-state index contributed by atoms with van der Waals surface area (Å²) in [5.41, 5.74) is 5.03. The third kappa shape index (κ3) is 22.5. The summed E-state index contributed by atoms with van der Waals surface area (Å²) in [7, 11) is 0. The molecular weight excluding hydrogens is 178 g/mol. The lowest BCUT2D eigenvalue weighted by Gasteiger charge is -1.70. The Morgan fingerprint density at radius 1 is 0.857 bits per heavy atom. The first-order valence-electron chi connectivity index (χ1n) is 4.69. The Balaban J connectivity index is 0. The van der Waals surface area contributed by atoms with E-state index in [-0.39, 0.29) is 0 Å². The van der Waals surface area contributed by atoms with Crippen molar-refractivity contribution in [1.29, 1.82) is 0 Å². The Morgan fingerprint density at radius 2 is 1.07 bits per heavy atom. The van der Waals surface area contributed by atoms with E-state index in [1.54, 1.807) is 0 Å². The summed E-state index contributed by atoms with van der Waals surface area (Å²) in [6.45, 7) is 1.90. The van der Waals surface area contributed by atoms with Gasteiger partial charge in [-0.2, -0.15) is 0 Å². The van der Waals surface area contributed by atoms with Crippen LogP contribution in [0.2, 0.25) is 0 Å². The maximum absolute atomic E-state index is 8.99. The predicted octanol–water partition coefficient (Wildman–Crippen LogP) is 1.89. The van der Waals surface area contributed by atoms with Gasteiger partial charge >= 0.3 is 0 Å². The first-order valence-corrected chi connectivity index (χ1v) is 4.69. The van der Waals surface area contributed by atoms with Crippen molar-refractivity contribution in [1.82, 2.24) is 0 Å². The topological polar surface area (TPSA) is 65.8 Å². The maximum Gasteiger partial charge on any atom is 0.109 e. The normalized spacial score (nSPS) is 7.71. The summed E-state index contributed by atoms with van der Waals surface area (Å²) in [4.78, 5) is 0. The zero-order chi connectivity index (χ0) is 11.1. The lowest BCUT2D eigenvalue weighted by Crippen LogP contribution is -1.93. The van der Waals surface area contributed by atoms with Crippen molar-refractivity contribution in [2.75, 3.05) is 19.8 Å². The molecule has 2 radical (unpaired) electrons. The van der Waals surface area contributed by atoms with Crippen LogP contribution in [0.5, 0.6) is 0 Å². The maximum atomic E-state index is 8.99. The molecule has 1 rings (SSSR count). The van der Waals surface area contributed by atoms with E-state index >= 15 is 0 Å². The van der Waals surface area contributed by atoms with Crippen LogP contribution < -0.4 is 5.73 Å². The van der Waals surface area contributed by atoms with E-state index in [1.807, 2.05) is 36.4 Å². The molecule has 3 nitrogen and oxygen atoms in total. The number of benzene rings is 1. The fourth-order valence-corrected chi connectivity index (χ4v) is 0.385. The van der Waals surface area contributed by atoms with E-state index in [1.165, 1.54) is 0 Å². The highest BCUT2D eigenvalue weighted by Crippen LogP contribution is 1.79. The number of hydrogen-bond donors (Lipinski definition) is 1. The molecule has 0 saturated carbocycles. The van der Waals surface area contributed by atoms with Crippen LogP contribution in [0, 0.1) is 0 Å². The molecule has 0 aliphatic carbocycles. The summed E-state index contributed by atoms with van der Waals surface area (Å²) in [5, 5.41) is 18.0. The minimum absolute atomic E-state index is 0.486. The Morgan fingerprint density at radius 3 is 1.14 bits per heavy atom. The second kappa shape index (κ2) is 18.0. The molecule has 0 atom stereocenters. The van der Waals surface area contributed by atoms with E-state index in [2.05, 4.69) is 6.92 Å². The molecule has 0 aliphatic rings. The molecule has 1 aromatic rings. The standard InChI is InChI=1S/C6H6.C3H9N.C2H4O2/c1-2-4-6-5-3-1;1-2-3-4;3-1-2-4/h1-6H;2-4H2,1H3;1-2H2. The molecule has 3 heteroatoms. The van der Waals surface area contributed by atoms with Gasteiger partial charge in [0, 0.05) is 0 Å². The van der Waals surface area contributed by atoms with Crippen LogP contribution in [0.1, 0.15) is 13.3 Å². The van der Waals surface area contributed by atoms with Gasteiger partial charge in [0.15, 0.2) is 0 Å². The average Bonchev–Trinajstić information content (AvgIpc) is 2.32. The summed E-state index contributed by atoms with van der Waals surface area (Å²) < 4.78 is 0. The second-order valence-corrected chi connectivity index (χ2v) is 2.35. The van der Waals surface area contributed by atoms with E-state index < -0.39 is 13.2 Å². The third-order valence-corrected chi connectivity index (χ3v) is 1.04. The SMILES string of the molecule is CCCN.[O]CC[O].c1ccccc1. The largest absolute Gasteiger partial charge is 0.330 e. The van der Waals surface area contributed by atoms with E-state index in [0.717, 1.165) is 13.0 Å². The van der Waals surface area contributed by atoms with Gasteiger partial charge in [-0.25, -0.2) is 10.2 Å². The Bertz CT molecular complexity index is 122. The first kappa shape index (κ1) is 15.6. The van der Waals surface area contributed by atoms with Gasteiger partial charge in [-0.3, -0.25) is 0 Å². The zero-order valence-corrected chi connectivity index (χ0v) is 8.69. The van der Waals surface area contributed by atoms with Gasteiger partial charge < -0.3 is 5.73 Å². The molecular formula is C11H19NO2. The minimum atomic E-state index is -0.486. The highest BCUT2D eigenvalue weighted by Gasteiger charge is 1.64. The third-order valence-electron chi connectivity index (χ3n) is 1.04. The molecule has 14 heavy (non-hydrogen) atoms. The fraction of sp³-hybridized carbons (Fsp3) is 0.455. The lowest BCUT2D eigenvalue weighted by molar-refractivity contribution is 0.0866. The van der Waals surface area contributed by atoms with Crippen LogP contribution in [-0.2, 0) is 10.2 Å². The zero-order valence-electron chi connectivity index (χ0n) is 8.69. The van der Waals surface area contributed by atoms with E-state index in [0.29, 0.717) is 0 Å². The monoisotopic (exact) mass is 197 g/mol. The van der Waals surface area contributed by atoms with E-state index in [9.17, 15) is 0 Å². The van der Waals surface area contributed by atoms with Crippen molar-refractivity contribution in [2.24, 2.45) is 5.73 Å². The number of hydrogen-bond acceptors (Lipinski definition) is 1. The van der Waals surface area contributed by atoms with Gasteiger partial charge in [0.25, 0.3) is 0 Å². The number of rotatable bonds is 2. The number of nitrogens with two attached hydrogens (primary N) is 1. The summed E-state index contributed by atoms with van der Waals surface area (Å²) in [6.07, 6.45) is 1.10. The summed E-state index contributed by atoms with van der Waals surface area (Å²) >= 11 is 0. The molecule has 0 spiro atoms. The molecule has 2 N–H and O–H groups in total. The molecule has 0 bridgehead atoms. The van der Waals surface area contributed by atoms with Gasteiger partial charge in [-0.1, -0.05) is 43.3 Å². The van der Waals surface area contributed by atoms with Crippen LogP contribution in [0.4, 0.5) is 0 Å². The van der Waals surface area contributed by atoms with Gasteiger partial charge in [0.2, 0.25) is 0 Å². The second-order valence-electron chi connectivity index (χ2n) is 2.35. The molecule has 0 aliphatic heterocycles. The molecule has 0 unspecified atom stereocenters. The van der Waals surface area contributed by atoms with Gasteiger partial charge in [0.05, 0.1) is 0 Å². The van der Waals surface area contributed by atoms with Crippen molar-refractivity contribution >= 4 is 0 Å². The molecule has 1 aromatic carbocycles. The quantitative estimate of drug-likeness (QED) is 0.773. The van der Waals surface area contributed by atoms with Crippen molar-refractivity contribution in [2.45, 2.75) is 13.3 Å². The first-order chi connectivity index (χ1) is 6.83. The Hall–Kier alpha value is -0.900. The van der Waals surface area contributed by atoms with Crippen molar-refractivity contribution in [3.63, 3.8) is 0 Å². The van der Waals surface area contributed by atoms with Gasteiger partial charge in [-0.05, 0) is 13.0 Å². The average molecular weight is 197 g/mol. The highest BCUT2D eigenvalue weighted by molar-refractivity contribution is 4.99. The van der Waals surface area contributed by atoms with Crippen LogP contribution in [0.3, 0.4) is 0 Å². The Labute approximate surface area is 86.2 Å². The molecule has 0 heterocycles. The van der Waals surface area contributed by atoms with Crippen molar-refractivity contribution in [3.8, 4) is 0 Å². The minimum Gasteiger partial charge on any atom is -0.330 e. The van der Waals surface area contributed by atoms with E-state index in [4.69, 9.17) is 15.9 Å². The highest BCUT2D eigenvalue weighted by atomic mass is 16.3. The van der Waals surface area contributed by atoms with Crippen molar-refractivity contribution < 1.29 is 10.2 Å². The van der Waals surface area contributed by atoms with Crippen LogP contribution in [-0.4, -0.2) is 19.8 Å². The predicted molar refractivity (Wildman–Crippen MR) is 56.9 cm³/mol. The molecule has 0 amide bonds.